The Bertz CT molecular complexity index is 568. The van der Waals surface area contributed by atoms with Crippen LogP contribution < -0.4 is 5.32 Å². The van der Waals surface area contributed by atoms with E-state index in [2.05, 4.69) is 22.2 Å². The van der Waals surface area contributed by atoms with Gasteiger partial charge in [0.2, 0.25) is 0 Å². The largest absolute Gasteiger partial charge is 0.310 e. The Hall–Kier alpha value is -1.81. The summed E-state index contributed by atoms with van der Waals surface area (Å²) in [6.45, 7) is 3.13. The molecular weight excluding hydrogens is 248 g/mol. The van der Waals surface area contributed by atoms with Crippen LogP contribution in [-0.2, 0) is 6.42 Å². The van der Waals surface area contributed by atoms with Crippen LogP contribution in [0.4, 0.5) is 0 Å². The molecule has 20 heavy (non-hydrogen) atoms. The first-order chi connectivity index (χ1) is 9.88. The quantitative estimate of drug-likeness (QED) is 0.870. The molecule has 0 amide bonds. The highest BCUT2D eigenvalue weighted by molar-refractivity contribution is 5.53. The summed E-state index contributed by atoms with van der Waals surface area (Å²) >= 11 is 0. The van der Waals surface area contributed by atoms with Gasteiger partial charge >= 0.3 is 0 Å². The minimum atomic E-state index is 0.403. The van der Waals surface area contributed by atoms with Gasteiger partial charge in [0.15, 0.2) is 5.82 Å². The standard InChI is InChI=1S/C16H20N4/c1-2-18-14-7-3-4-8-15-13(14)11-19-16(20-15)12-6-5-9-17-10-12/h5-6,9-11,14,18H,2-4,7-8H2,1H3. The molecule has 0 spiro atoms. The predicted octanol–water partition coefficient (Wildman–Crippen LogP) is 2.92. The van der Waals surface area contributed by atoms with E-state index in [0.29, 0.717) is 6.04 Å². The normalized spacial score (nSPS) is 18.4. The van der Waals surface area contributed by atoms with Gasteiger partial charge in [0.05, 0.1) is 0 Å². The summed E-state index contributed by atoms with van der Waals surface area (Å²) in [5, 5.41) is 3.55. The molecular formula is C16H20N4. The van der Waals surface area contributed by atoms with Gasteiger partial charge < -0.3 is 5.32 Å². The third-order valence-electron chi connectivity index (χ3n) is 3.80. The molecule has 3 rings (SSSR count). The lowest BCUT2D eigenvalue weighted by atomic mass is 10.0. The summed E-state index contributed by atoms with van der Waals surface area (Å²) < 4.78 is 0. The third-order valence-corrected chi connectivity index (χ3v) is 3.80. The second-order valence-corrected chi connectivity index (χ2v) is 5.19. The number of hydrogen-bond donors (Lipinski definition) is 1. The molecule has 0 bridgehead atoms. The number of fused-ring (bicyclic) bond motifs is 1. The molecule has 4 heteroatoms. The van der Waals surface area contributed by atoms with Crippen LogP contribution >= 0.6 is 0 Å². The van der Waals surface area contributed by atoms with E-state index in [1.165, 1.54) is 30.5 Å². The van der Waals surface area contributed by atoms with Gasteiger partial charge in [0.1, 0.15) is 0 Å². The molecule has 0 saturated heterocycles. The van der Waals surface area contributed by atoms with Crippen molar-refractivity contribution >= 4 is 0 Å². The Morgan fingerprint density at radius 2 is 2.25 bits per heavy atom. The molecule has 0 radical (unpaired) electrons. The maximum atomic E-state index is 4.78. The molecule has 0 aromatic carbocycles. The Morgan fingerprint density at radius 3 is 3.05 bits per heavy atom. The van der Waals surface area contributed by atoms with Gasteiger partial charge in [0, 0.05) is 41.5 Å². The van der Waals surface area contributed by atoms with E-state index in [1.807, 2.05) is 24.5 Å². The van der Waals surface area contributed by atoms with Crippen molar-refractivity contribution < 1.29 is 0 Å². The fraction of sp³-hybridized carbons (Fsp3) is 0.438. The SMILES string of the molecule is CCNC1CCCCc2nc(-c3cccnc3)ncc21. The maximum Gasteiger partial charge on any atom is 0.160 e. The van der Waals surface area contributed by atoms with Crippen molar-refractivity contribution in [2.75, 3.05) is 6.54 Å². The Balaban J connectivity index is 1.97. The smallest absolute Gasteiger partial charge is 0.160 e. The highest BCUT2D eigenvalue weighted by atomic mass is 14.9. The molecule has 2 heterocycles. The Labute approximate surface area is 119 Å². The van der Waals surface area contributed by atoms with Crippen molar-refractivity contribution in [2.45, 2.75) is 38.6 Å². The van der Waals surface area contributed by atoms with Gasteiger partial charge in [-0.15, -0.1) is 0 Å². The molecule has 104 valence electrons. The summed E-state index contributed by atoms with van der Waals surface area (Å²) in [6, 6.07) is 4.33. The number of aryl methyl sites for hydroxylation is 1. The van der Waals surface area contributed by atoms with Crippen LogP contribution in [0.25, 0.3) is 11.4 Å². The minimum Gasteiger partial charge on any atom is -0.310 e. The molecule has 0 saturated carbocycles. The fourth-order valence-corrected chi connectivity index (χ4v) is 2.81. The lowest BCUT2D eigenvalue weighted by molar-refractivity contribution is 0.502. The molecule has 4 nitrogen and oxygen atoms in total. The van der Waals surface area contributed by atoms with E-state index >= 15 is 0 Å². The fourth-order valence-electron chi connectivity index (χ4n) is 2.81. The molecule has 2 aromatic rings. The second-order valence-electron chi connectivity index (χ2n) is 5.19. The van der Waals surface area contributed by atoms with Crippen LogP contribution in [0.15, 0.2) is 30.7 Å². The monoisotopic (exact) mass is 268 g/mol. The zero-order valence-electron chi connectivity index (χ0n) is 11.8. The number of nitrogens with zero attached hydrogens (tertiary/aromatic N) is 3. The molecule has 0 fully saturated rings. The van der Waals surface area contributed by atoms with Gasteiger partial charge in [-0.25, -0.2) is 9.97 Å². The van der Waals surface area contributed by atoms with Crippen molar-refractivity contribution in [1.82, 2.24) is 20.3 Å². The van der Waals surface area contributed by atoms with E-state index in [-0.39, 0.29) is 0 Å². The van der Waals surface area contributed by atoms with Gasteiger partial charge in [0.25, 0.3) is 0 Å². The van der Waals surface area contributed by atoms with Gasteiger partial charge in [-0.2, -0.15) is 0 Å². The topological polar surface area (TPSA) is 50.7 Å². The van der Waals surface area contributed by atoms with Crippen molar-refractivity contribution in [1.29, 1.82) is 0 Å². The van der Waals surface area contributed by atoms with Crippen LogP contribution in [0.3, 0.4) is 0 Å². The summed E-state index contributed by atoms with van der Waals surface area (Å²) in [7, 11) is 0. The zero-order chi connectivity index (χ0) is 13.8. The summed E-state index contributed by atoms with van der Waals surface area (Å²) in [4.78, 5) is 13.5. The molecule has 1 N–H and O–H groups in total. The molecule has 1 unspecified atom stereocenters. The van der Waals surface area contributed by atoms with Crippen LogP contribution in [0.2, 0.25) is 0 Å². The van der Waals surface area contributed by atoms with Crippen molar-refractivity contribution in [3.63, 3.8) is 0 Å². The number of hydrogen-bond acceptors (Lipinski definition) is 4. The number of nitrogens with one attached hydrogen (secondary N) is 1. The van der Waals surface area contributed by atoms with Crippen LogP contribution in [0.1, 0.15) is 43.5 Å². The van der Waals surface area contributed by atoms with Crippen molar-refractivity contribution in [3.8, 4) is 11.4 Å². The Morgan fingerprint density at radius 1 is 1.30 bits per heavy atom. The average Bonchev–Trinajstić information content (AvgIpc) is 2.71. The molecule has 2 aromatic heterocycles. The van der Waals surface area contributed by atoms with Gasteiger partial charge in [-0.05, 0) is 37.9 Å². The Kier molecular flexibility index (Phi) is 4.02. The van der Waals surface area contributed by atoms with Crippen LogP contribution in [-0.4, -0.2) is 21.5 Å². The lowest BCUT2D eigenvalue weighted by Crippen LogP contribution is -2.21. The maximum absolute atomic E-state index is 4.78. The van der Waals surface area contributed by atoms with Crippen molar-refractivity contribution in [3.05, 3.63) is 42.0 Å². The molecule has 0 aliphatic heterocycles. The van der Waals surface area contributed by atoms with Gasteiger partial charge in [-0.1, -0.05) is 13.3 Å². The highest BCUT2D eigenvalue weighted by Gasteiger charge is 2.20. The number of rotatable bonds is 3. The van der Waals surface area contributed by atoms with E-state index in [0.717, 1.165) is 24.4 Å². The van der Waals surface area contributed by atoms with E-state index in [9.17, 15) is 0 Å². The van der Waals surface area contributed by atoms with Crippen LogP contribution in [0.5, 0.6) is 0 Å². The predicted molar refractivity (Wildman–Crippen MR) is 79.2 cm³/mol. The second kappa shape index (κ2) is 6.09. The summed E-state index contributed by atoms with van der Waals surface area (Å²) in [5.74, 6) is 0.786. The molecule has 1 atom stereocenters. The first-order valence-corrected chi connectivity index (χ1v) is 7.38. The van der Waals surface area contributed by atoms with E-state index < -0.39 is 0 Å². The lowest BCUT2D eigenvalue weighted by Gasteiger charge is -2.17. The first-order valence-electron chi connectivity index (χ1n) is 7.38. The van der Waals surface area contributed by atoms with E-state index in [1.54, 1.807) is 6.20 Å². The summed E-state index contributed by atoms with van der Waals surface area (Å²) in [5.41, 5.74) is 3.46. The minimum absolute atomic E-state index is 0.403. The number of pyridine rings is 1. The van der Waals surface area contributed by atoms with E-state index in [4.69, 9.17) is 4.98 Å². The summed E-state index contributed by atoms with van der Waals surface area (Å²) in [6.07, 6.45) is 10.3. The van der Waals surface area contributed by atoms with Crippen molar-refractivity contribution in [2.24, 2.45) is 0 Å². The zero-order valence-corrected chi connectivity index (χ0v) is 11.8. The van der Waals surface area contributed by atoms with Crippen LogP contribution in [0, 0.1) is 0 Å². The molecule has 1 aliphatic carbocycles. The van der Waals surface area contributed by atoms with Gasteiger partial charge in [-0.3, -0.25) is 4.98 Å². The number of aromatic nitrogens is 3. The average molecular weight is 268 g/mol. The third kappa shape index (κ3) is 2.70. The highest BCUT2D eigenvalue weighted by Crippen LogP contribution is 2.28. The first kappa shape index (κ1) is 13.2. The molecule has 1 aliphatic rings.